The van der Waals surface area contributed by atoms with Crippen LogP contribution in [0, 0.1) is 5.92 Å². The van der Waals surface area contributed by atoms with Crippen molar-refractivity contribution in [2.24, 2.45) is 5.92 Å². The molecule has 0 saturated carbocycles. The zero-order valence-electron chi connectivity index (χ0n) is 10.7. The summed E-state index contributed by atoms with van der Waals surface area (Å²) in [5.41, 5.74) is -0.347. The van der Waals surface area contributed by atoms with E-state index in [1.807, 2.05) is 20.8 Å². The molecule has 3 aliphatic heterocycles. The van der Waals surface area contributed by atoms with E-state index in [2.05, 4.69) is 4.90 Å². The Morgan fingerprint density at radius 1 is 1.31 bits per heavy atom. The van der Waals surface area contributed by atoms with Gasteiger partial charge in [-0.3, -0.25) is 4.79 Å². The topological polar surface area (TPSA) is 32.2 Å². The highest BCUT2D eigenvalue weighted by Gasteiger charge is 2.42. The zero-order chi connectivity index (χ0) is 11.8. The van der Waals surface area contributed by atoms with Crippen molar-refractivity contribution in [2.75, 3.05) is 13.1 Å². The minimum absolute atomic E-state index is 0.0370. The van der Waals surface area contributed by atoms with Crippen LogP contribution in [0.1, 0.15) is 46.5 Å². The van der Waals surface area contributed by atoms with Gasteiger partial charge >= 0.3 is 5.97 Å². The van der Waals surface area contributed by atoms with Crippen LogP contribution in [0.5, 0.6) is 0 Å². The normalized spacial score (nSPS) is 33.8. The van der Waals surface area contributed by atoms with Crippen molar-refractivity contribution < 1.29 is 9.53 Å². The van der Waals surface area contributed by atoms with Crippen molar-refractivity contribution in [1.82, 2.24) is 4.90 Å². The Kier molecular flexibility index (Phi) is 3.24. The molecule has 1 radical (unpaired) electrons. The molecule has 0 aromatic rings. The molecule has 0 aromatic heterocycles. The molecule has 3 heterocycles. The predicted molar refractivity (Wildman–Crippen MR) is 63.5 cm³/mol. The Balaban J connectivity index is 1.83. The Morgan fingerprint density at radius 2 is 1.94 bits per heavy atom. The summed E-state index contributed by atoms with van der Waals surface area (Å²) in [6, 6.07) is 0.447. The Bertz CT molecular complexity index is 262. The van der Waals surface area contributed by atoms with Crippen LogP contribution in [0.25, 0.3) is 0 Å². The van der Waals surface area contributed by atoms with E-state index in [-0.39, 0.29) is 11.6 Å². The van der Waals surface area contributed by atoms with Gasteiger partial charge in [0.05, 0.1) is 0 Å². The molecule has 3 fully saturated rings. The number of carbonyl (C=O) groups excluding carboxylic acids is 1. The maximum atomic E-state index is 11.8. The summed E-state index contributed by atoms with van der Waals surface area (Å²) < 4.78 is 5.38. The summed E-state index contributed by atoms with van der Waals surface area (Å²) in [6.45, 7) is 8.14. The molecule has 0 aliphatic carbocycles. The van der Waals surface area contributed by atoms with E-state index in [4.69, 9.17) is 4.74 Å². The number of carbonyl (C=O) groups is 1. The van der Waals surface area contributed by atoms with Gasteiger partial charge in [-0.2, -0.15) is 4.90 Å². The van der Waals surface area contributed by atoms with Crippen LogP contribution in [0.4, 0.5) is 0 Å². The largest absolute Gasteiger partial charge is 0.460 e. The number of hydrogen-bond acceptors (Lipinski definition) is 3. The Labute approximate surface area is 98.1 Å². The van der Waals surface area contributed by atoms with Crippen LogP contribution < -0.4 is 4.90 Å². The second kappa shape index (κ2) is 4.36. The van der Waals surface area contributed by atoms with Gasteiger partial charge < -0.3 is 4.74 Å². The third-order valence-electron chi connectivity index (χ3n) is 3.59. The number of hydrogen-bond donors (Lipinski definition) is 0. The molecule has 1 unspecified atom stereocenters. The summed E-state index contributed by atoms with van der Waals surface area (Å²) in [5.74, 6) is 0.822. The minimum Gasteiger partial charge on any atom is -0.460 e. The van der Waals surface area contributed by atoms with Crippen molar-refractivity contribution in [1.29, 1.82) is 0 Å². The van der Waals surface area contributed by atoms with Crippen molar-refractivity contribution >= 4 is 5.97 Å². The second-order valence-electron chi connectivity index (χ2n) is 6.16. The maximum Gasteiger partial charge on any atom is 0.312 e. The highest BCUT2D eigenvalue weighted by Crippen LogP contribution is 2.31. The molecule has 2 bridgehead atoms. The SMILES string of the molecule is CC(C)(C)OC(=O)CC1CC2CC[N+]1CC2. The number of ether oxygens (including phenoxy) is 1. The van der Waals surface area contributed by atoms with E-state index < -0.39 is 0 Å². The second-order valence-corrected chi connectivity index (χ2v) is 6.16. The first-order valence-corrected chi connectivity index (χ1v) is 6.40. The molecule has 3 heteroatoms. The first-order chi connectivity index (χ1) is 7.44. The lowest BCUT2D eigenvalue weighted by Crippen LogP contribution is -2.53. The van der Waals surface area contributed by atoms with Crippen LogP contribution in [0.3, 0.4) is 0 Å². The van der Waals surface area contributed by atoms with Crippen LogP contribution in [0.15, 0.2) is 0 Å². The van der Waals surface area contributed by atoms with Crippen molar-refractivity contribution in [3.63, 3.8) is 0 Å². The average Bonchev–Trinajstić information content (AvgIpc) is 2.16. The molecule has 0 amide bonds. The quantitative estimate of drug-likeness (QED) is 0.532. The van der Waals surface area contributed by atoms with Gasteiger partial charge in [-0.05, 0) is 26.7 Å². The summed E-state index contributed by atoms with van der Waals surface area (Å²) >= 11 is 0. The average molecular weight is 225 g/mol. The van der Waals surface area contributed by atoms with E-state index in [1.54, 1.807) is 0 Å². The highest BCUT2D eigenvalue weighted by atomic mass is 16.6. The van der Waals surface area contributed by atoms with E-state index in [1.165, 1.54) is 32.4 Å². The molecule has 0 aromatic carbocycles. The lowest BCUT2D eigenvalue weighted by Gasteiger charge is -2.37. The molecule has 91 valence electrons. The Morgan fingerprint density at radius 3 is 2.38 bits per heavy atom. The standard InChI is InChI=1S/C13H23NO2/c1-13(2,3)16-12(15)9-11-8-10-4-6-14(11)7-5-10/h10-11H,4-9H2,1-3H3/q+1. The number of fused-ring (bicyclic) bond motifs is 3. The van der Waals surface area contributed by atoms with Gasteiger partial charge in [0.25, 0.3) is 0 Å². The monoisotopic (exact) mass is 225 g/mol. The van der Waals surface area contributed by atoms with E-state index >= 15 is 0 Å². The van der Waals surface area contributed by atoms with Gasteiger partial charge in [0.15, 0.2) is 0 Å². The van der Waals surface area contributed by atoms with Gasteiger partial charge in [0.2, 0.25) is 0 Å². The van der Waals surface area contributed by atoms with Crippen LogP contribution >= 0.6 is 0 Å². The fourth-order valence-electron chi connectivity index (χ4n) is 2.88. The molecule has 3 rings (SSSR count). The molecule has 16 heavy (non-hydrogen) atoms. The smallest absolute Gasteiger partial charge is 0.312 e. The summed E-state index contributed by atoms with van der Waals surface area (Å²) in [7, 11) is 0. The lowest BCUT2D eigenvalue weighted by atomic mass is 9.82. The molecule has 3 nitrogen and oxygen atoms in total. The summed E-state index contributed by atoms with van der Waals surface area (Å²) in [4.78, 5) is 14.2. The molecular formula is C13H23NO2+. The Hall–Kier alpha value is -0.570. The first kappa shape index (κ1) is 11.9. The summed E-state index contributed by atoms with van der Waals surface area (Å²) in [6.07, 6.45) is 4.42. The fourth-order valence-corrected chi connectivity index (χ4v) is 2.88. The van der Waals surface area contributed by atoms with Crippen molar-refractivity contribution in [3.8, 4) is 0 Å². The van der Waals surface area contributed by atoms with Gasteiger partial charge in [-0.15, -0.1) is 0 Å². The first-order valence-electron chi connectivity index (χ1n) is 6.40. The van der Waals surface area contributed by atoms with Gasteiger partial charge in [-0.1, -0.05) is 0 Å². The molecule has 0 N–H and O–H groups in total. The van der Waals surface area contributed by atoms with Crippen molar-refractivity contribution in [2.45, 2.75) is 58.1 Å². The van der Waals surface area contributed by atoms with E-state index in [0.29, 0.717) is 12.5 Å². The van der Waals surface area contributed by atoms with Gasteiger partial charge in [-0.25, -0.2) is 0 Å². The third kappa shape index (κ3) is 2.97. The minimum atomic E-state index is -0.347. The van der Waals surface area contributed by atoms with Crippen LogP contribution in [0.2, 0.25) is 0 Å². The molecular weight excluding hydrogens is 202 g/mol. The summed E-state index contributed by atoms with van der Waals surface area (Å²) in [5, 5.41) is 0. The zero-order valence-corrected chi connectivity index (χ0v) is 10.7. The third-order valence-corrected chi connectivity index (χ3v) is 3.59. The maximum absolute atomic E-state index is 11.8. The molecule has 3 aliphatic rings. The number of nitrogens with zero attached hydrogens (tertiary/aromatic N) is 1. The van der Waals surface area contributed by atoms with E-state index in [0.717, 1.165) is 5.92 Å². The fraction of sp³-hybridized carbons (Fsp3) is 0.923. The van der Waals surface area contributed by atoms with Crippen LogP contribution in [-0.4, -0.2) is 30.7 Å². The van der Waals surface area contributed by atoms with Gasteiger partial charge in [0, 0.05) is 19.3 Å². The molecule has 1 atom stereocenters. The predicted octanol–water partition coefficient (Wildman–Crippen LogP) is 2.04. The highest BCUT2D eigenvalue weighted by molar-refractivity contribution is 5.70. The molecule has 3 saturated heterocycles. The van der Waals surface area contributed by atoms with Gasteiger partial charge in [0.1, 0.15) is 31.2 Å². The number of piperidine rings is 3. The van der Waals surface area contributed by atoms with Crippen molar-refractivity contribution in [3.05, 3.63) is 0 Å². The number of rotatable bonds is 2. The molecule has 0 spiro atoms. The van der Waals surface area contributed by atoms with Crippen LogP contribution in [-0.2, 0) is 9.53 Å². The lowest BCUT2D eigenvalue weighted by molar-refractivity contribution is -0.156. The van der Waals surface area contributed by atoms with E-state index in [9.17, 15) is 4.79 Å². The number of esters is 1.